The van der Waals surface area contributed by atoms with Crippen LogP contribution in [-0.2, 0) is 9.53 Å². The Bertz CT molecular complexity index is 280. The van der Waals surface area contributed by atoms with Gasteiger partial charge in [0.25, 0.3) is 0 Å². The minimum absolute atomic E-state index is 0.200. The Balaban J connectivity index is 1.92. The van der Waals surface area contributed by atoms with Gasteiger partial charge in [0.2, 0.25) is 5.91 Å². The molecule has 0 bridgehead atoms. The van der Waals surface area contributed by atoms with Crippen LogP contribution in [0.4, 0.5) is 0 Å². The molecule has 1 aliphatic carbocycles. The van der Waals surface area contributed by atoms with Crippen molar-refractivity contribution < 1.29 is 9.53 Å². The fourth-order valence-corrected chi connectivity index (χ4v) is 2.62. The fraction of sp³-hybridized carbons (Fsp3) is 0.769. The van der Waals surface area contributed by atoms with E-state index >= 15 is 0 Å². The fourth-order valence-electron chi connectivity index (χ4n) is 2.62. The molecule has 90 valence electrons. The zero-order chi connectivity index (χ0) is 11.5. The van der Waals surface area contributed by atoms with Crippen molar-refractivity contribution in [1.82, 2.24) is 4.90 Å². The van der Waals surface area contributed by atoms with Crippen molar-refractivity contribution in [2.75, 3.05) is 20.2 Å². The van der Waals surface area contributed by atoms with Crippen LogP contribution in [-0.4, -0.2) is 37.1 Å². The van der Waals surface area contributed by atoms with Crippen LogP contribution >= 0.6 is 0 Å². The lowest BCUT2D eigenvalue weighted by molar-refractivity contribution is -0.140. The summed E-state index contributed by atoms with van der Waals surface area (Å²) in [6.07, 6.45) is 7.34. The molecule has 0 spiro atoms. The van der Waals surface area contributed by atoms with E-state index in [-0.39, 0.29) is 12.0 Å². The number of likely N-dealkylation sites (tertiary alicyclic amines) is 1. The molecule has 0 aromatic carbocycles. The number of nitrogens with zero attached hydrogens (tertiary/aromatic N) is 1. The molecule has 0 saturated carbocycles. The van der Waals surface area contributed by atoms with E-state index in [1.807, 2.05) is 4.90 Å². The van der Waals surface area contributed by atoms with E-state index in [2.05, 4.69) is 19.1 Å². The van der Waals surface area contributed by atoms with Gasteiger partial charge in [-0.2, -0.15) is 0 Å². The first-order chi connectivity index (χ1) is 7.72. The monoisotopic (exact) mass is 223 g/mol. The Morgan fingerprint density at radius 3 is 2.69 bits per heavy atom. The van der Waals surface area contributed by atoms with Crippen molar-refractivity contribution in [1.29, 1.82) is 0 Å². The summed E-state index contributed by atoms with van der Waals surface area (Å²) in [6.45, 7) is 3.87. The number of piperidine rings is 1. The van der Waals surface area contributed by atoms with Gasteiger partial charge in [0.15, 0.2) is 0 Å². The van der Waals surface area contributed by atoms with E-state index in [9.17, 15) is 4.79 Å². The highest BCUT2D eigenvalue weighted by molar-refractivity contribution is 5.79. The van der Waals surface area contributed by atoms with Gasteiger partial charge in [0.1, 0.15) is 0 Å². The smallest absolute Gasteiger partial charge is 0.226 e. The van der Waals surface area contributed by atoms with Crippen LogP contribution < -0.4 is 0 Å². The molecule has 2 atom stereocenters. The number of allylic oxidation sites excluding steroid dienone is 2. The van der Waals surface area contributed by atoms with Crippen LogP contribution in [0.15, 0.2) is 12.2 Å². The van der Waals surface area contributed by atoms with Crippen molar-refractivity contribution in [3.05, 3.63) is 12.2 Å². The second-order valence-electron chi connectivity index (χ2n) is 4.96. The summed E-state index contributed by atoms with van der Waals surface area (Å²) in [6, 6.07) is 0. The predicted molar refractivity (Wildman–Crippen MR) is 63.0 cm³/mol. The lowest BCUT2D eigenvalue weighted by atomic mass is 9.94. The van der Waals surface area contributed by atoms with Crippen LogP contribution in [0.25, 0.3) is 0 Å². The molecule has 0 radical (unpaired) electrons. The highest BCUT2D eigenvalue weighted by Gasteiger charge is 2.32. The Morgan fingerprint density at radius 1 is 1.38 bits per heavy atom. The molecule has 0 aromatic rings. The summed E-state index contributed by atoms with van der Waals surface area (Å²) in [7, 11) is 1.74. The number of hydrogen-bond donors (Lipinski definition) is 0. The van der Waals surface area contributed by atoms with Crippen LogP contribution in [0.3, 0.4) is 0 Å². The zero-order valence-corrected chi connectivity index (χ0v) is 10.2. The standard InChI is InChI=1S/C13H21NO2/c1-10-7-8-14(9-12(10)16-2)13(15)11-5-3-4-6-11/h3-4,10-12H,5-9H2,1-2H3/t10-,12+/m0/s1. The molecular weight excluding hydrogens is 202 g/mol. The summed E-state index contributed by atoms with van der Waals surface area (Å²) in [5.41, 5.74) is 0. The third-order valence-corrected chi connectivity index (χ3v) is 3.86. The maximum absolute atomic E-state index is 12.2. The number of carbonyl (C=O) groups is 1. The first-order valence-corrected chi connectivity index (χ1v) is 6.19. The molecule has 0 unspecified atom stereocenters. The van der Waals surface area contributed by atoms with E-state index in [4.69, 9.17) is 4.74 Å². The molecule has 0 aromatic heterocycles. The summed E-state index contributed by atoms with van der Waals surface area (Å²) < 4.78 is 5.44. The van der Waals surface area contributed by atoms with Gasteiger partial charge in [0.05, 0.1) is 6.10 Å². The Kier molecular flexibility index (Phi) is 3.64. The van der Waals surface area contributed by atoms with Gasteiger partial charge in [-0.05, 0) is 25.2 Å². The summed E-state index contributed by atoms with van der Waals surface area (Å²) >= 11 is 0. The normalized spacial score (nSPS) is 31.0. The molecule has 1 amide bonds. The van der Waals surface area contributed by atoms with Crippen molar-refractivity contribution in [3.63, 3.8) is 0 Å². The maximum atomic E-state index is 12.2. The van der Waals surface area contributed by atoms with Gasteiger partial charge in [-0.25, -0.2) is 0 Å². The average Bonchev–Trinajstić information content (AvgIpc) is 2.82. The highest BCUT2D eigenvalue weighted by Crippen LogP contribution is 2.25. The van der Waals surface area contributed by atoms with Crippen LogP contribution in [0.5, 0.6) is 0 Å². The van der Waals surface area contributed by atoms with Crippen molar-refractivity contribution in [3.8, 4) is 0 Å². The predicted octanol–water partition coefficient (Wildman–Crippen LogP) is 1.84. The lowest BCUT2D eigenvalue weighted by Gasteiger charge is -2.37. The van der Waals surface area contributed by atoms with Crippen molar-refractivity contribution in [2.24, 2.45) is 11.8 Å². The molecule has 2 aliphatic rings. The molecule has 1 aliphatic heterocycles. The van der Waals surface area contributed by atoms with E-state index in [0.717, 1.165) is 32.4 Å². The Labute approximate surface area is 97.5 Å². The molecular formula is C13H21NO2. The Hall–Kier alpha value is -0.830. The van der Waals surface area contributed by atoms with E-state index in [1.165, 1.54) is 0 Å². The van der Waals surface area contributed by atoms with Gasteiger partial charge in [0, 0.05) is 26.1 Å². The largest absolute Gasteiger partial charge is 0.379 e. The molecule has 1 fully saturated rings. The number of ether oxygens (including phenoxy) is 1. The minimum atomic E-state index is 0.200. The van der Waals surface area contributed by atoms with Crippen LogP contribution in [0.2, 0.25) is 0 Å². The number of amides is 1. The van der Waals surface area contributed by atoms with Crippen molar-refractivity contribution in [2.45, 2.75) is 32.3 Å². The maximum Gasteiger partial charge on any atom is 0.226 e. The summed E-state index contributed by atoms with van der Waals surface area (Å²) in [5.74, 6) is 1.08. The van der Waals surface area contributed by atoms with Crippen LogP contribution in [0.1, 0.15) is 26.2 Å². The minimum Gasteiger partial charge on any atom is -0.379 e. The first-order valence-electron chi connectivity index (χ1n) is 6.19. The average molecular weight is 223 g/mol. The quantitative estimate of drug-likeness (QED) is 0.668. The highest BCUT2D eigenvalue weighted by atomic mass is 16.5. The molecule has 3 heteroatoms. The number of rotatable bonds is 2. The summed E-state index contributed by atoms with van der Waals surface area (Å²) in [4.78, 5) is 14.2. The van der Waals surface area contributed by atoms with Gasteiger partial charge in [-0.15, -0.1) is 0 Å². The van der Waals surface area contributed by atoms with Gasteiger partial charge >= 0.3 is 0 Å². The van der Waals surface area contributed by atoms with Gasteiger partial charge < -0.3 is 9.64 Å². The SMILES string of the molecule is CO[C@@H]1CN(C(=O)C2CC=CC2)CC[C@@H]1C. The van der Waals surface area contributed by atoms with Gasteiger partial charge in [-0.3, -0.25) is 4.79 Å². The summed E-state index contributed by atoms with van der Waals surface area (Å²) in [5, 5.41) is 0. The third kappa shape index (κ3) is 2.29. The molecule has 1 heterocycles. The lowest BCUT2D eigenvalue weighted by Crippen LogP contribution is -2.48. The molecule has 2 rings (SSSR count). The topological polar surface area (TPSA) is 29.5 Å². The molecule has 16 heavy (non-hydrogen) atoms. The molecule has 3 nitrogen and oxygen atoms in total. The van der Waals surface area contributed by atoms with E-state index in [0.29, 0.717) is 11.8 Å². The molecule has 1 saturated heterocycles. The molecule has 0 N–H and O–H groups in total. The van der Waals surface area contributed by atoms with E-state index < -0.39 is 0 Å². The second kappa shape index (κ2) is 5.00. The second-order valence-corrected chi connectivity index (χ2v) is 4.96. The zero-order valence-electron chi connectivity index (χ0n) is 10.2. The number of methoxy groups -OCH3 is 1. The number of hydrogen-bond acceptors (Lipinski definition) is 2. The van der Waals surface area contributed by atoms with E-state index in [1.54, 1.807) is 7.11 Å². The van der Waals surface area contributed by atoms with Gasteiger partial charge in [-0.1, -0.05) is 19.1 Å². The van der Waals surface area contributed by atoms with Crippen LogP contribution in [0, 0.1) is 11.8 Å². The Morgan fingerprint density at radius 2 is 2.06 bits per heavy atom. The first kappa shape index (κ1) is 11.6. The third-order valence-electron chi connectivity index (χ3n) is 3.86. The van der Waals surface area contributed by atoms with Crippen molar-refractivity contribution >= 4 is 5.91 Å². The number of carbonyl (C=O) groups excluding carboxylic acids is 1.